The summed E-state index contributed by atoms with van der Waals surface area (Å²) in [7, 11) is 0. The number of hydrogen-bond donors (Lipinski definition) is 2. The van der Waals surface area contributed by atoms with E-state index in [1.54, 1.807) is 13.0 Å². The van der Waals surface area contributed by atoms with E-state index in [1.807, 2.05) is 0 Å². The maximum absolute atomic E-state index is 12.2. The molecule has 1 amide bonds. The molecule has 0 spiro atoms. The predicted octanol–water partition coefficient (Wildman–Crippen LogP) is 2.57. The Bertz CT molecular complexity index is 973. The van der Waals surface area contributed by atoms with Crippen molar-refractivity contribution >= 4 is 23.3 Å². The first-order valence-corrected chi connectivity index (χ1v) is 8.70. The number of phenols is 1. The van der Waals surface area contributed by atoms with Crippen LogP contribution < -0.4 is 14.8 Å². The van der Waals surface area contributed by atoms with E-state index < -0.39 is 23.4 Å². The van der Waals surface area contributed by atoms with Crippen LogP contribution in [0.4, 0.5) is 11.4 Å². The zero-order chi connectivity index (χ0) is 21.0. The van der Waals surface area contributed by atoms with E-state index in [-0.39, 0.29) is 34.2 Å². The Balaban J connectivity index is 1.71. The summed E-state index contributed by atoms with van der Waals surface area (Å²) >= 11 is 0. The summed E-state index contributed by atoms with van der Waals surface area (Å²) in [5.74, 6) is -1.48. The standard InChI is InChI=1S/C19H18N2O8/c1-11-3-4-15(22)12(7-11)19(24)29-10-18(23)20-13-8-16-17(9-14(13)21(25)26)28-6-2-5-27-16/h3-4,7-9,22H,2,5-6,10H2,1H3,(H,20,23). The molecule has 0 radical (unpaired) electrons. The fraction of sp³-hybridized carbons (Fsp3) is 0.263. The fourth-order valence-electron chi connectivity index (χ4n) is 2.66. The number of nitrogens with one attached hydrogen (secondary N) is 1. The summed E-state index contributed by atoms with van der Waals surface area (Å²) in [6.07, 6.45) is 0.617. The molecule has 0 saturated heterocycles. The highest BCUT2D eigenvalue weighted by Gasteiger charge is 2.23. The molecular weight excluding hydrogens is 384 g/mol. The Morgan fingerprint density at radius 1 is 1.21 bits per heavy atom. The number of anilines is 1. The molecule has 0 fully saturated rings. The van der Waals surface area contributed by atoms with Crippen LogP contribution in [0.5, 0.6) is 17.2 Å². The molecule has 2 aromatic rings. The third-order valence-corrected chi connectivity index (χ3v) is 4.04. The maximum atomic E-state index is 12.2. The minimum absolute atomic E-state index is 0.0839. The number of nitrogens with zero attached hydrogens (tertiary/aromatic N) is 1. The molecule has 2 aromatic carbocycles. The maximum Gasteiger partial charge on any atom is 0.342 e. The van der Waals surface area contributed by atoms with Gasteiger partial charge in [-0.05, 0) is 19.1 Å². The van der Waals surface area contributed by atoms with Crippen LogP contribution in [0.2, 0.25) is 0 Å². The molecule has 29 heavy (non-hydrogen) atoms. The summed E-state index contributed by atoms with van der Waals surface area (Å²) < 4.78 is 15.8. The van der Waals surface area contributed by atoms with Gasteiger partial charge in [-0.25, -0.2) is 4.79 Å². The number of phenolic OH excluding ortho intramolecular Hbond substituents is 1. The third-order valence-electron chi connectivity index (χ3n) is 4.04. The summed E-state index contributed by atoms with van der Waals surface area (Å²) in [5, 5.41) is 23.4. The van der Waals surface area contributed by atoms with Crippen molar-refractivity contribution in [3.8, 4) is 17.2 Å². The van der Waals surface area contributed by atoms with Crippen molar-refractivity contribution in [3.63, 3.8) is 0 Å². The number of amides is 1. The molecule has 2 N–H and O–H groups in total. The van der Waals surface area contributed by atoms with Crippen LogP contribution in [0.3, 0.4) is 0 Å². The number of benzene rings is 2. The van der Waals surface area contributed by atoms with Gasteiger partial charge in [-0.3, -0.25) is 14.9 Å². The molecule has 0 aliphatic carbocycles. The smallest absolute Gasteiger partial charge is 0.342 e. The molecule has 3 rings (SSSR count). The minimum atomic E-state index is -0.894. The lowest BCUT2D eigenvalue weighted by Gasteiger charge is -2.11. The second-order valence-electron chi connectivity index (χ2n) is 6.27. The molecule has 10 heteroatoms. The van der Waals surface area contributed by atoms with Crippen LogP contribution in [0, 0.1) is 17.0 Å². The molecule has 0 bridgehead atoms. The van der Waals surface area contributed by atoms with E-state index in [2.05, 4.69) is 5.32 Å². The highest BCUT2D eigenvalue weighted by molar-refractivity contribution is 5.98. The van der Waals surface area contributed by atoms with Crippen molar-refractivity contribution in [2.45, 2.75) is 13.3 Å². The Morgan fingerprint density at radius 2 is 1.90 bits per heavy atom. The number of fused-ring (bicyclic) bond motifs is 1. The van der Waals surface area contributed by atoms with Gasteiger partial charge in [0.15, 0.2) is 18.1 Å². The first kappa shape index (κ1) is 19.9. The predicted molar refractivity (Wildman–Crippen MR) is 100 cm³/mol. The van der Waals surface area contributed by atoms with Gasteiger partial charge in [0, 0.05) is 12.5 Å². The van der Waals surface area contributed by atoms with Gasteiger partial charge in [-0.2, -0.15) is 0 Å². The number of aryl methyl sites for hydroxylation is 1. The Morgan fingerprint density at radius 3 is 2.59 bits per heavy atom. The number of aromatic hydroxyl groups is 1. The lowest BCUT2D eigenvalue weighted by molar-refractivity contribution is -0.384. The van der Waals surface area contributed by atoms with Crippen LogP contribution in [0.15, 0.2) is 30.3 Å². The van der Waals surface area contributed by atoms with Crippen LogP contribution in [-0.4, -0.2) is 41.7 Å². The van der Waals surface area contributed by atoms with Crippen LogP contribution in [-0.2, 0) is 9.53 Å². The highest BCUT2D eigenvalue weighted by Crippen LogP contribution is 2.39. The lowest BCUT2D eigenvalue weighted by atomic mass is 10.1. The number of rotatable bonds is 5. The Kier molecular flexibility index (Phi) is 5.82. The number of carbonyl (C=O) groups excluding carboxylic acids is 2. The molecule has 152 valence electrons. The Labute approximate surface area is 165 Å². The van der Waals surface area contributed by atoms with Gasteiger partial charge in [0.2, 0.25) is 0 Å². The van der Waals surface area contributed by atoms with Gasteiger partial charge in [-0.15, -0.1) is 0 Å². The summed E-state index contributed by atoms with van der Waals surface area (Å²) in [6, 6.07) is 6.84. The van der Waals surface area contributed by atoms with E-state index in [9.17, 15) is 24.8 Å². The highest BCUT2D eigenvalue weighted by atomic mass is 16.6. The lowest BCUT2D eigenvalue weighted by Crippen LogP contribution is -2.21. The largest absolute Gasteiger partial charge is 0.507 e. The number of esters is 1. The molecular formula is C19H18N2O8. The monoisotopic (exact) mass is 402 g/mol. The topological polar surface area (TPSA) is 137 Å². The van der Waals surface area contributed by atoms with Crippen molar-refractivity contribution in [1.29, 1.82) is 0 Å². The molecule has 0 atom stereocenters. The second-order valence-corrected chi connectivity index (χ2v) is 6.27. The first-order valence-electron chi connectivity index (χ1n) is 8.70. The average molecular weight is 402 g/mol. The molecule has 1 aliphatic heterocycles. The molecule has 0 saturated carbocycles. The molecule has 1 aliphatic rings. The molecule has 1 heterocycles. The number of hydrogen-bond acceptors (Lipinski definition) is 8. The van der Waals surface area contributed by atoms with Gasteiger partial charge in [0.1, 0.15) is 17.0 Å². The van der Waals surface area contributed by atoms with Crippen molar-refractivity contribution in [2.75, 3.05) is 25.1 Å². The number of nitro groups is 1. The van der Waals surface area contributed by atoms with E-state index in [1.165, 1.54) is 24.3 Å². The summed E-state index contributed by atoms with van der Waals surface area (Å²) in [5.41, 5.74) is 0.144. The zero-order valence-corrected chi connectivity index (χ0v) is 15.5. The Hall–Kier alpha value is -3.82. The third kappa shape index (κ3) is 4.72. The van der Waals surface area contributed by atoms with Crippen molar-refractivity contribution < 1.29 is 33.8 Å². The number of carbonyl (C=O) groups is 2. The van der Waals surface area contributed by atoms with Gasteiger partial charge in [0.25, 0.3) is 11.6 Å². The fourth-order valence-corrected chi connectivity index (χ4v) is 2.66. The van der Waals surface area contributed by atoms with Crippen LogP contribution in [0.25, 0.3) is 0 Å². The molecule has 0 unspecified atom stereocenters. The van der Waals surface area contributed by atoms with Gasteiger partial charge in [0.05, 0.1) is 24.2 Å². The zero-order valence-electron chi connectivity index (χ0n) is 15.5. The van der Waals surface area contributed by atoms with Crippen LogP contribution in [0.1, 0.15) is 22.3 Å². The van der Waals surface area contributed by atoms with Crippen molar-refractivity contribution in [1.82, 2.24) is 0 Å². The van der Waals surface area contributed by atoms with E-state index >= 15 is 0 Å². The quantitative estimate of drug-likeness (QED) is 0.442. The first-order chi connectivity index (χ1) is 13.8. The van der Waals surface area contributed by atoms with Gasteiger partial charge < -0.3 is 24.6 Å². The van der Waals surface area contributed by atoms with Crippen molar-refractivity contribution in [3.05, 3.63) is 51.6 Å². The second kappa shape index (κ2) is 8.46. The molecule has 10 nitrogen and oxygen atoms in total. The van der Waals surface area contributed by atoms with Gasteiger partial charge >= 0.3 is 5.97 Å². The molecule has 0 aromatic heterocycles. The summed E-state index contributed by atoms with van der Waals surface area (Å²) in [6.45, 7) is 1.76. The van der Waals surface area contributed by atoms with Crippen LogP contribution >= 0.6 is 0 Å². The summed E-state index contributed by atoms with van der Waals surface area (Å²) in [4.78, 5) is 34.9. The SMILES string of the molecule is Cc1ccc(O)c(C(=O)OCC(=O)Nc2cc3c(cc2[N+](=O)[O-])OCCCO3)c1. The number of nitro benzene ring substituents is 1. The van der Waals surface area contributed by atoms with E-state index in [4.69, 9.17) is 14.2 Å². The average Bonchev–Trinajstić information content (AvgIpc) is 2.92. The minimum Gasteiger partial charge on any atom is -0.507 e. The normalized spacial score (nSPS) is 12.6. The van der Waals surface area contributed by atoms with E-state index in [0.29, 0.717) is 19.6 Å². The number of ether oxygens (including phenoxy) is 3. The van der Waals surface area contributed by atoms with Crippen molar-refractivity contribution in [2.24, 2.45) is 0 Å². The van der Waals surface area contributed by atoms with Gasteiger partial charge in [-0.1, -0.05) is 11.6 Å². The van der Waals surface area contributed by atoms with E-state index in [0.717, 1.165) is 5.56 Å².